The Kier molecular flexibility index (Phi) is 4.07. The highest BCUT2D eigenvalue weighted by Crippen LogP contribution is 2.23. The van der Waals surface area contributed by atoms with Gasteiger partial charge in [-0.3, -0.25) is 4.79 Å². The number of anilines is 2. The van der Waals surface area contributed by atoms with E-state index in [9.17, 15) is 4.79 Å². The van der Waals surface area contributed by atoms with Gasteiger partial charge in [0, 0.05) is 5.69 Å². The molecule has 4 nitrogen and oxygen atoms in total. The molecule has 1 aromatic heterocycles. The molecule has 0 bridgehead atoms. The van der Waals surface area contributed by atoms with Crippen LogP contribution >= 0.6 is 27.5 Å². The minimum absolute atomic E-state index is 0.280. The fourth-order valence-electron chi connectivity index (χ4n) is 1.55. The van der Waals surface area contributed by atoms with Gasteiger partial charge >= 0.3 is 0 Å². The van der Waals surface area contributed by atoms with E-state index in [-0.39, 0.29) is 5.91 Å². The van der Waals surface area contributed by atoms with Gasteiger partial charge in [-0.15, -0.1) is 0 Å². The smallest absolute Gasteiger partial charge is 0.257 e. The number of rotatable bonds is 2. The predicted octanol–water partition coefficient (Wildman–Crippen LogP) is 3.64. The molecule has 19 heavy (non-hydrogen) atoms. The van der Waals surface area contributed by atoms with Crippen LogP contribution in [0.3, 0.4) is 0 Å². The highest BCUT2D eigenvalue weighted by molar-refractivity contribution is 9.10. The van der Waals surface area contributed by atoms with E-state index < -0.39 is 0 Å². The number of hydrogen-bond donors (Lipinski definition) is 2. The number of hydrogen-bond acceptors (Lipinski definition) is 3. The van der Waals surface area contributed by atoms with E-state index in [4.69, 9.17) is 17.3 Å². The molecule has 3 N–H and O–H groups in total. The summed E-state index contributed by atoms with van der Waals surface area (Å²) in [5, 5.41) is 3.07. The number of nitrogens with one attached hydrogen (secondary N) is 1. The van der Waals surface area contributed by atoms with Crippen molar-refractivity contribution in [3.05, 3.63) is 51.2 Å². The van der Waals surface area contributed by atoms with Crippen molar-refractivity contribution in [3.63, 3.8) is 0 Å². The minimum atomic E-state index is -0.280. The normalized spacial score (nSPS) is 10.3. The molecule has 2 aromatic rings. The van der Waals surface area contributed by atoms with Crippen molar-refractivity contribution in [3.8, 4) is 0 Å². The molecule has 0 fully saturated rings. The zero-order valence-corrected chi connectivity index (χ0v) is 12.4. The number of benzene rings is 1. The standard InChI is InChI=1S/C13H11BrClN3O/c1-7-2-3-11(16)9(4-7)13(19)18-8-5-10(14)12(15)17-6-8/h2-6H,16H2,1H3,(H,18,19). The number of carbonyl (C=O) groups excluding carboxylic acids is 1. The second-order valence-electron chi connectivity index (χ2n) is 4.04. The highest BCUT2D eigenvalue weighted by atomic mass is 79.9. The summed E-state index contributed by atoms with van der Waals surface area (Å²) in [6, 6.07) is 6.98. The molecule has 6 heteroatoms. The number of nitrogen functional groups attached to an aromatic ring is 1. The van der Waals surface area contributed by atoms with Gasteiger partial charge in [-0.05, 0) is 41.1 Å². The molecule has 1 aromatic carbocycles. The average molecular weight is 341 g/mol. The largest absolute Gasteiger partial charge is 0.398 e. The Morgan fingerprint density at radius 3 is 2.84 bits per heavy atom. The molecule has 0 spiro atoms. The first-order valence-corrected chi connectivity index (χ1v) is 6.63. The Bertz CT molecular complexity index is 646. The van der Waals surface area contributed by atoms with Crippen LogP contribution < -0.4 is 11.1 Å². The summed E-state index contributed by atoms with van der Waals surface area (Å²) in [7, 11) is 0. The fraction of sp³-hybridized carbons (Fsp3) is 0.0769. The first-order valence-electron chi connectivity index (χ1n) is 5.46. The van der Waals surface area contributed by atoms with Crippen LogP contribution in [0, 0.1) is 6.92 Å². The van der Waals surface area contributed by atoms with E-state index >= 15 is 0 Å². The fourth-order valence-corrected chi connectivity index (χ4v) is 2.01. The Balaban J connectivity index is 2.25. The maximum atomic E-state index is 12.1. The SMILES string of the molecule is Cc1ccc(N)c(C(=O)Nc2cnc(Cl)c(Br)c2)c1. The van der Waals surface area contributed by atoms with Gasteiger partial charge in [-0.1, -0.05) is 23.2 Å². The number of aromatic nitrogens is 1. The lowest BCUT2D eigenvalue weighted by molar-refractivity contribution is 0.102. The van der Waals surface area contributed by atoms with Crippen LogP contribution in [0.4, 0.5) is 11.4 Å². The topological polar surface area (TPSA) is 68.0 Å². The first-order chi connectivity index (χ1) is 8.97. The van der Waals surface area contributed by atoms with E-state index in [0.717, 1.165) is 5.56 Å². The van der Waals surface area contributed by atoms with Gasteiger partial charge in [-0.2, -0.15) is 0 Å². The van der Waals surface area contributed by atoms with Crippen molar-refractivity contribution < 1.29 is 4.79 Å². The monoisotopic (exact) mass is 339 g/mol. The van der Waals surface area contributed by atoms with Gasteiger partial charge < -0.3 is 11.1 Å². The summed E-state index contributed by atoms with van der Waals surface area (Å²) in [5.74, 6) is -0.280. The lowest BCUT2D eigenvalue weighted by Gasteiger charge is -2.08. The number of halogens is 2. The van der Waals surface area contributed by atoms with Gasteiger partial charge in [0.2, 0.25) is 0 Å². The number of nitrogens with two attached hydrogens (primary N) is 1. The summed E-state index contributed by atoms with van der Waals surface area (Å²) in [6.45, 7) is 1.90. The maximum Gasteiger partial charge on any atom is 0.257 e. The van der Waals surface area contributed by atoms with Crippen LogP contribution in [0.15, 0.2) is 34.9 Å². The van der Waals surface area contributed by atoms with Gasteiger partial charge in [0.1, 0.15) is 5.15 Å². The van der Waals surface area contributed by atoms with Crippen LogP contribution in [0.25, 0.3) is 0 Å². The van der Waals surface area contributed by atoms with Gasteiger partial charge in [-0.25, -0.2) is 4.98 Å². The lowest BCUT2D eigenvalue weighted by Crippen LogP contribution is -2.14. The third-order valence-electron chi connectivity index (χ3n) is 2.51. The van der Waals surface area contributed by atoms with Crippen LogP contribution in [0.2, 0.25) is 5.15 Å². The number of pyridine rings is 1. The van der Waals surface area contributed by atoms with Crippen LogP contribution in [0.5, 0.6) is 0 Å². The molecule has 98 valence electrons. The van der Waals surface area contributed by atoms with Gasteiger partial charge in [0.25, 0.3) is 5.91 Å². The summed E-state index contributed by atoms with van der Waals surface area (Å²) < 4.78 is 0.615. The summed E-state index contributed by atoms with van der Waals surface area (Å²) >= 11 is 9.04. The molecule has 0 unspecified atom stereocenters. The molecular formula is C13H11BrClN3O. The molecule has 1 heterocycles. The molecule has 0 aliphatic carbocycles. The number of aryl methyl sites for hydroxylation is 1. The van der Waals surface area contributed by atoms with E-state index in [1.165, 1.54) is 6.20 Å². The molecule has 0 saturated carbocycles. The highest BCUT2D eigenvalue weighted by Gasteiger charge is 2.11. The van der Waals surface area contributed by atoms with E-state index in [0.29, 0.717) is 26.6 Å². The molecule has 0 atom stereocenters. The molecule has 0 aliphatic heterocycles. The third-order valence-corrected chi connectivity index (χ3v) is 3.64. The van der Waals surface area contributed by atoms with Crippen LogP contribution in [0.1, 0.15) is 15.9 Å². The third kappa shape index (κ3) is 3.24. The zero-order valence-electron chi connectivity index (χ0n) is 10.1. The summed E-state index contributed by atoms with van der Waals surface area (Å²) in [4.78, 5) is 16.1. The molecule has 0 radical (unpaired) electrons. The van der Waals surface area contributed by atoms with Crippen molar-refractivity contribution in [1.29, 1.82) is 0 Å². The quantitative estimate of drug-likeness (QED) is 0.648. The van der Waals surface area contributed by atoms with E-state index in [1.54, 1.807) is 18.2 Å². The Labute approximate surface area is 124 Å². The Morgan fingerprint density at radius 2 is 2.16 bits per heavy atom. The van der Waals surface area contributed by atoms with Crippen LogP contribution in [-0.4, -0.2) is 10.9 Å². The number of nitrogens with zero attached hydrogens (tertiary/aromatic N) is 1. The Morgan fingerprint density at radius 1 is 1.42 bits per heavy atom. The van der Waals surface area contributed by atoms with Crippen LogP contribution in [-0.2, 0) is 0 Å². The average Bonchev–Trinajstić information content (AvgIpc) is 2.36. The predicted molar refractivity (Wildman–Crippen MR) is 80.5 cm³/mol. The van der Waals surface area contributed by atoms with Crippen molar-refractivity contribution in [2.45, 2.75) is 6.92 Å². The van der Waals surface area contributed by atoms with Gasteiger partial charge in [0.05, 0.1) is 21.9 Å². The molecule has 0 aliphatic rings. The lowest BCUT2D eigenvalue weighted by atomic mass is 10.1. The molecule has 2 rings (SSSR count). The first kappa shape index (κ1) is 13.8. The number of carbonyl (C=O) groups is 1. The Hall–Kier alpha value is -1.59. The summed E-state index contributed by atoms with van der Waals surface area (Å²) in [5.41, 5.74) is 8.17. The van der Waals surface area contributed by atoms with Gasteiger partial charge in [0.15, 0.2) is 0 Å². The second-order valence-corrected chi connectivity index (χ2v) is 5.25. The minimum Gasteiger partial charge on any atom is -0.398 e. The molecule has 0 saturated heterocycles. The van der Waals surface area contributed by atoms with E-state index in [2.05, 4.69) is 26.2 Å². The van der Waals surface area contributed by atoms with Crippen molar-refractivity contribution in [2.75, 3.05) is 11.1 Å². The van der Waals surface area contributed by atoms with Crippen molar-refractivity contribution >= 4 is 44.8 Å². The molecular weight excluding hydrogens is 330 g/mol. The maximum absolute atomic E-state index is 12.1. The summed E-state index contributed by atoms with van der Waals surface area (Å²) in [6.07, 6.45) is 1.48. The zero-order chi connectivity index (χ0) is 14.0. The number of amides is 1. The van der Waals surface area contributed by atoms with Crippen molar-refractivity contribution in [1.82, 2.24) is 4.98 Å². The second kappa shape index (κ2) is 5.59. The van der Waals surface area contributed by atoms with Crippen molar-refractivity contribution in [2.24, 2.45) is 0 Å². The molecule has 1 amide bonds. The van der Waals surface area contributed by atoms with E-state index in [1.807, 2.05) is 13.0 Å².